The fourth-order valence-corrected chi connectivity index (χ4v) is 2.41. The van der Waals surface area contributed by atoms with E-state index in [0.717, 1.165) is 29.7 Å². The number of ether oxygens (including phenoxy) is 2. The standard InChI is InChI=1S/C18H20O3/c1-20-18(13-6-3-2-4-7-13)17(19)14-8-5-9-16(12-14)21-15-10-11-15/h2-9,12,15,17-19H,10-11H2,1H3. The Kier molecular flexibility index (Phi) is 4.23. The number of methoxy groups -OCH3 is 1. The number of aliphatic hydroxyl groups is 1. The molecule has 1 aliphatic carbocycles. The van der Waals surface area contributed by atoms with Gasteiger partial charge in [0.15, 0.2) is 0 Å². The van der Waals surface area contributed by atoms with Gasteiger partial charge in [-0.05, 0) is 36.1 Å². The zero-order valence-corrected chi connectivity index (χ0v) is 12.1. The molecule has 3 rings (SSSR count). The van der Waals surface area contributed by atoms with E-state index >= 15 is 0 Å². The molecule has 0 aromatic heterocycles. The molecule has 0 bridgehead atoms. The molecule has 110 valence electrons. The van der Waals surface area contributed by atoms with Crippen LogP contribution in [-0.4, -0.2) is 18.3 Å². The first-order valence-electron chi connectivity index (χ1n) is 7.30. The molecule has 1 aliphatic rings. The van der Waals surface area contributed by atoms with Crippen LogP contribution in [0.1, 0.15) is 36.2 Å². The van der Waals surface area contributed by atoms with Crippen LogP contribution in [0.3, 0.4) is 0 Å². The van der Waals surface area contributed by atoms with E-state index in [0.29, 0.717) is 6.10 Å². The largest absolute Gasteiger partial charge is 0.490 e. The van der Waals surface area contributed by atoms with E-state index < -0.39 is 6.10 Å². The molecule has 0 spiro atoms. The summed E-state index contributed by atoms with van der Waals surface area (Å²) in [5, 5.41) is 10.6. The van der Waals surface area contributed by atoms with E-state index in [-0.39, 0.29) is 6.10 Å². The van der Waals surface area contributed by atoms with E-state index in [4.69, 9.17) is 9.47 Å². The average molecular weight is 284 g/mol. The first kappa shape index (κ1) is 14.1. The molecule has 2 unspecified atom stereocenters. The van der Waals surface area contributed by atoms with Crippen LogP contribution in [0, 0.1) is 0 Å². The smallest absolute Gasteiger partial charge is 0.120 e. The van der Waals surface area contributed by atoms with Crippen LogP contribution in [-0.2, 0) is 4.74 Å². The van der Waals surface area contributed by atoms with E-state index in [9.17, 15) is 5.11 Å². The normalized spacial score (nSPS) is 17.2. The van der Waals surface area contributed by atoms with Gasteiger partial charge in [0.25, 0.3) is 0 Å². The minimum Gasteiger partial charge on any atom is -0.490 e. The van der Waals surface area contributed by atoms with Crippen molar-refractivity contribution >= 4 is 0 Å². The molecule has 1 fully saturated rings. The summed E-state index contributed by atoms with van der Waals surface area (Å²) in [4.78, 5) is 0. The summed E-state index contributed by atoms with van der Waals surface area (Å²) in [6, 6.07) is 17.4. The molecule has 1 saturated carbocycles. The zero-order chi connectivity index (χ0) is 14.7. The van der Waals surface area contributed by atoms with Gasteiger partial charge in [-0.2, -0.15) is 0 Å². The summed E-state index contributed by atoms with van der Waals surface area (Å²) < 4.78 is 11.3. The van der Waals surface area contributed by atoms with Crippen LogP contribution < -0.4 is 4.74 Å². The average Bonchev–Trinajstić information content (AvgIpc) is 3.33. The molecule has 0 saturated heterocycles. The Morgan fingerprint density at radius 3 is 2.38 bits per heavy atom. The highest BCUT2D eigenvalue weighted by Crippen LogP contribution is 2.34. The highest BCUT2D eigenvalue weighted by Gasteiger charge is 2.25. The summed E-state index contributed by atoms with van der Waals surface area (Å²) in [6.45, 7) is 0. The predicted molar refractivity (Wildman–Crippen MR) is 81.2 cm³/mol. The fraction of sp³-hybridized carbons (Fsp3) is 0.333. The highest BCUT2D eigenvalue weighted by atomic mass is 16.5. The Hall–Kier alpha value is -1.84. The summed E-state index contributed by atoms with van der Waals surface area (Å²) >= 11 is 0. The van der Waals surface area contributed by atoms with Crippen molar-refractivity contribution in [2.24, 2.45) is 0 Å². The molecular weight excluding hydrogens is 264 g/mol. The third kappa shape index (κ3) is 3.43. The van der Waals surface area contributed by atoms with Gasteiger partial charge in [-0.1, -0.05) is 42.5 Å². The topological polar surface area (TPSA) is 38.7 Å². The van der Waals surface area contributed by atoms with E-state index in [1.807, 2.05) is 54.6 Å². The van der Waals surface area contributed by atoms with Crippen molar-refractivity contribution in [2.75, 3.05) is 7.11 Å². The lowest BCUT2D eigenvalue weighted by atomic mass is 9.98. The minimum absolute atomic E-state index is 0.352. The maximum absolute atomic E-state index is 10.6. The Labute approximate surface area is 125 Å². The van der Waals surface area contributed by atoms with Crippen LogP contribution in [0.4, 0.5) is 0 Å². The van der Waals surface area contributed by atoms with Crippen LogP contribution in [0.15, 0.2) is 54.6 Å². The van der Waals surface area contributed by atoms with Crippen molar-refractivity contribution < 1.29 is 14.6 Å². The third-order valence-corrected chi connectivity index (χ3v) is 3.70. The van der Waals surface area contributed by atoms with Crippen molar-refractivity contribution in [1.29, 1.82) is 0 Å². The van der Waals surface area contributed by atoms with Gasteiger partial charge in [0.2, 0.25) is 0 Å². The van der Waals surface area contributed by atoms with Gasteiger partial charge in [0.1, 0.15) is 18.0 Å². The lowest BCUT2D eigenvalue weighted by molar-refractivity contribution is -0.0150. The van der Waals surface area contributed by atoms with Crippen molar-refractivity contribution in [3.8, 4) is 5.75 Å². The zero-order valence-electron chi connectivity index (χ0n) is 12.1. The summed E-state index contributed by atoms with van der Waals surface area (Å²) in [6.07, 6.45) is 1.49. The van der Waals surface area contributed by atoms with Gasteiger partial charge >= 0.3 is 0 Å². The first-order chi connectivity index (χ1) is 10.3. The Morgan fingerprint density at radius 1 is 1.00 bits per heavy atom. The second kappa shape index (κ2) is 6.29. The van der Waals surface area contributed by atoms with Gasteiger partial charge < -0.3 is 14.6 Å². The maximum Gasteiger partial charge on any atom is 0.120 e. The molecule has 0 heterocycles. The van der Waals surface area contributed by atoms with Crippen LogP contribution in [0.5, 0.6) is 5.75 Å². The lowest BCUT2D eigenvalue weighted by Gasteiger charge is -2.22. The second-order valence-corrected chi connectivity index (χ2v) is 5.40. The van der Waals surface area contributed by atoms with Crippen molar-refractivity contribution in [2.45, 2.75) is 31.2 Å². The quantitative estimate of drug-likeness (QED) is 0.880. The molecule has 2 aromatic carbocycles. The second-order valence-electron chi connectivity index (χ2n) is 5.40. The predicted octanol–water partition coefficient (Wildman–Crippen LogP) is 3.65. The molecule has 3 nitrogen and oxygen atoms in total. The Bertz CT molecular complexity index is 578. The van der Waals surface area contributed by atoms with Gasteiger partial charge in [-0.15, -0.1) is 0 Å². The molecule has 21 heavy (non-hydrogen) atoms. The van der Waals surface area contributed by atoms with Gasteiger partial charge in [-0.25, -0.2) is 0 Å². The number of rotatable bonds is 6. The molecule has 0 aliphatic heterocycles. The SMILES string of the molecule is COC(c1ccccc1)C(O)c1cccc(OC2CC2)c1. The van der Waals surface area contributed by atoms with E-state index in [1.54, 1.807) is 7.11 Å². The highest BCUT2D eigenvalue weighted by molar-refractivity contribution is 5.32. The number of hydrogen-bond donors (Lipinski definition) is 1. The molecule has 2 atom stereocenters. The summed E-state index contributed by atoms with van der Waals surface area (Å²) in [7, 11) is 1.62. The van der Waals surface area contributed by atoms with Crippen molar-refractivity contribution in [1.82, 2.24) is 0 Å². The minimum atomic E-state index is -0.722. The fourth-order valence-electron chi connectivity index (χ4n) is 2.41. The van der Waals surface area contributed by atoms with E-state index in [1.165, 1.54) is 0 Å². The van der Waals surface area contributed by atoms with E-state index in [2.05, 4.69) is 0 Å². The monoisotopic (exact) mass is 284 g/mol. The molecule has 3 heteroatoms. The van der Waals surface area contributed by atoms with Crippen molar-refractivity contribution in [3.63, 3.8) is 0 Å². The summed E-state index contributed by atoms with van der Waals surface area (Å²) in [5.74, 6) is 0.817. The number of aliphatic hydroxyl groups excluding tert-OH is 1. The Balaban J connectivity index is 1.80. The third-order valence-electron chi connectivity index (χ3n) is 3.70. The molecule has 0 amide bonds. The molecule has 1 N–H and O–H groups in total. The number of benzene rings is 2. The molecule has 2 aromatic rings. The lowest BCUT2D eigenvalue weighted by Crippen LogP contribution is -2.13. The maximum atomic E-state index is 10.6. The van der Waals surface area contributed by atoms with Crippen LogP contribution >= 0.6 is 0 Å². The van der Waals surface area contributed by atoms with Gasteiger partial charge in [0, 0.05) is 7.11 Å². The molecule has 0 radical (unpaired) electrons. The van der Waals surface area contributed by atoms with Gasteiger partial charge in [-0.3, -0.25) is 0 Å². The van der Waals surface area contributed by atoms with Crippen molar-refractivity contribution in [3.05, 3.63) is 65.7 Å². The first-order valence-corrected chi connectivity index (χ1v) is 7.30. The molecular formula is C18H20O3. The van der Waals surface area contributed by atoms with Gasteiger partial charge in [0.05, 0.1) is 6.10 Å². The summed E-state index contributed by atoms with van der Waals surface area (Å²) in [5.41, 5.74) is 1.77. The van der Waals surface area contributed by atoms with Crippen LogP contribution in [0.2, 0.25) is 0 Å². The Morgan fingerprint density at radius 2 is 1.71 bits per heavy atom. The van der Waals surface area contributed by atoms with Crippen LogP contribution in [0.25, 0.3) is 0 Å². The number of hydrogen-bond acceptors (Lipinski definition) is 3.